The highest BCUT2D eigenvalue weighted by atomic mass is 16.6. The molecule has 1 N–H and O–H groups in total. The second-order valence-corrected chi connectivity index (χ2v) is 7.57. The zero-order chi connectivity index (χ0) is 19.5. The molecular weight excluding hydrogens is 360 g/mol. The van der Waals surface area contributed by atoms with E-state index in [-0.39, 0.29) is 23.9 Å². The fraction of sp³-hybridized carbons (Fsp3) is 0.550. The Kier molecular flexibility index (Phi) is 5.36. The molecule has 8 nitrogen and oxygen atoms in total. The molecule has 3 saturated heterocycles. The summed E-state index contributed by atoms with van der Waals surface area (Å²) in [6.45, 7) is 3.69. The van der Waals surface area contributed by atoms with Gasteiger partial charge in [0.2, 0.25) is 5.91 Å². The van der Waals surface area contributed by atoms with Crippen LogP contribution in [-0.2, 0) is 9.53 Å². The molecule has 1 aromatic carbocycles. The maximum Gasteiger partial charge on any atom is 0.414 e. The third-order valence-electron chi connectivity index (χ3n) is 5.63. The van der Waals surface area contributed by atoms with Gasteiger partial charge in [-0.3, -0.25) is 9.69 Å². The van der Waals surface area contributed by atoms with Gasteiger partial charge in [0.05, 0.1) is 12.5 Å². The van der Waals surface area contributed by atoms with Crippen LogP contribution in [0.5, 0.6) is 0 Å². The number of hydrogen-bond acceptors (Lipinski definition) is 4. The fourth-order valence-corrected chi connectivity index (χ4v) is 4.10. The number of piperidine rings is 1. The summed E-state index contributed by atoms with van der Waals surface area (Å²) in [6.07, 6.45) is 3.35. The van der Waals surface area contributed by atoms with E-state index < -0.39 is 0 Å². The average molecular weight is 386 g/mol. The first-order valence-electron chi connectivity index (χ1n) is 10.0. The van der Waals surface area contributed by atoms with Crippen molar-refractivity contribution in [3.63, 3.8) is 0 Å². The molecule has 8 heteroatoms. The summed E-state index contributed by atoms with van der Waals surface area (Å²) in [7, 11) is 0. The van der Waals surface area contributed by atoms with Gasteiger partial charge in [-0.05, 0) is 43.9 Å². The van der Waals surface area contributed by atoms with Crippen molar-refractivity contribution in [2.45, 2.75) is 25.7 Å². The molecule has 1 aromatic rings. The quantitative estimate of drug-likeness (QED) is 0.865. The largest absolute Gasteiger partial charge is 0.447 e. The molecule has 28 heavy (non-hydrogen) atoms. The lowest BCUT2D eigenvalue weighted by atomic mass is 9.97. The first-order chi connectivity index (χ1) is 13.6. The van der Waals surface area contributed by atoms with Gasteiger partial charge < -0.3 is 19.9 Å². The first-order valence-corrected chi connectivity index (χ1v) is 10.0. The predicted octanol–water partition coefficient (Wildman–Crippen LogP) is 2.51. The van der Waals surface area contributed by atoms with E-state index in [1.165, 1.54) is 0 Å². The number of anilines is 2. The van der Waals surface area contributed by atoms with E-state index in [9.17, 15) is 14.4 Å². The number of cyclic esters (lactones) is 1. The Hall–Kier alpha value is -2.77. The van der Waals surface area contributed by atoms with Gasteiger partial charge in [0.25, 0.3) is 0 Å². The molecule has 4 rings (SSSR count). The summed E-state index contributed by atoms with van der Waals surface area (Å²) in [6, 6.07) is 7.27. The van der Waals surface area contributed by atoms with Crippen LogP contribution < -0.4 is 10.2 Å². The lowest BCUT2D eigenvalue weighted by Gasteiger charge is -2.34. The van der Waals surface area contributed by atoms with E-state index in [1.54, 1.807) is 23.1 Å². The molecule has 3 heterocycles. The minimum Gasteiger partial charge on any atom is -0.447 e. The van der Waals surface area contributed by atoms with Crippen LogP contribution in [0.15, 0.2) is 24.3 Å². The molecule has 0 aliphatic carbocycles. The molecule has 1 atom stereocenters. The molecule has 3 fully saturated rings. The van der Waals surface area contributed by atoms with E-state index in [0.29, 0.717) is 37.6 Å². The molecule has 0 saturated carbocycles. The summed E-state index contributed by atoms with van der Waals surface area (Å²) in [5.41, 5.74) is 1.35. The van der Waals surface area contributed by atoms with Gasteiger partial charge in [-0.25, -0.2) is 9.59 Å². The molecular formula is C20H26N4O4. The number of amides is 4. The van der Waals surface area contributed by atoms with Crippen LogP contribution in [0.4, 0.5) is 21.0 Å². The molecule has 150 valence electrons. The number of carbonyl (C=O) groups is 3. The van der Waals surface area contributed by atoms with Crippen molar-refractivity contribution >= 4 is 29.4 Å². The summed E-state index contributed by atoms with van der Waals surface area (Å²) >= 11 is 0. The predicted molar refractivity (Wildman–Crippen MR) is 104 cm³/mol. The van der Waals surface area contributed by atoms with E-state index in [0.717, 1.165) is 38.8 Å². The Morgan fingerprint density at radius 3 is 2.57 bits per heavy atom. The van der Waals surface area contributed by atoms with Crippen molar-refractivity contribution in [2.75, 3.05) is 49.5 Å². The van der Waals surface area contributed by atoms with Gasteiger partial charge in [-0.15, -0.1) is 0 Å². The highest BCUT2D eigenvalue weighted by molar-refractivity contribution is 5.95. The summed E-state index contributed by atoms with van der Waals surface area (Å²) in [4.78, 5) is 42.4. The van der Waals surface area contributed by atoms with Crippen LogP contribution >= 0.6 is 0 Å². The Morgan fingerprint density at radius 2 is 1.82 bits per heavy atom. The molecule has 0 unspecified atom stereocenters. The molecule has 3 aliphatic heterocycles. The highest BCUT2D eigenvalue weighted by Gasteiger charge is 2.31. The second-order valence-electron chi connectivity index (χ2n) is 7.57. The van der Waals surface area contributed by atoms with Crippen LogP contribution in [0.1, 0.15) is 25.7 Å². The van der Waals surface area contributed by atoms with Crippen molar-refractivity contribution in [1.29, 1.82) is 0 Å². The monoisotopic (exact) mass is 386 g/mol. The number of ether oxygens (including phenoxy) is 1. The normalized spacial score (nSPS) is 22.4. The van der Waals surface area contributed by atoms with Crippen LogP contribution in [0.3, 0.4) is 0 Å². The third kappa shape index (κ3) is 3.90. The van der Waals surface area contributed by atoms with Crippen molar-refractivity contribution in [1.82, 2.24) is 9.80 Å². The van der Waals surface area contributed by atoms with Crippen molar-refractivity contribution in [3.8, 4) is 0 Å². The van der Waals surface area contributed by atoms with Crippen LogP contribution in [0.2, 0.25) is 0 Å². The van der Waals surface area contributed by atoms with Crippen molar-refractivity contribution in [2.24, 2.45) is 5.92 Å². The first kappa shape index (κ1) is 18.6. The number of carbonyl (C=O) groups excluding carboxylic acids is 3. The average Bonchev–Trinajstić information content (AvgIpc) is 3.39. The number of nitrogens with one attached hydrogen (secondary N) is 1. The van der Waals surface area contributed by atoms with Crippen molar-refractivity contribution in [3.05, 3.63) is 24.3 Å². The maximum atomic E-state index is 12.8. The van der Waals surface area contributed by atoms with Gasteiger partial charge >= 0.3 is 12.1 Å². The zero-order valence-corrected chi connectivity index (χ0v) is 15.9. The maximum absolute atomic E-state index is 12.8. The minimum atomic E-state index is -0.369. The number of rotatable bonds is 3. The Balaban J connectivity index is 1.38. The summed E-state index contributed by atoms with van der Waals surface area (Å²) in [5, 5.41) is 2.95. The number of hydrogen-bond donors (Lipinski definition) is 1. The summed E-state index contributed by atoms with van der Waals surface area (Å²) in [5.74, 6) is -0.305. The second kappa shape index (κ2) is 8.08. The lowest BCUT2D eigenvalue weighted by Crippen LogP contribution is -2.48. The third-order valence-corrected chi connectivity index (χ3v) is 5.63. The number of nitrogens with zero attached hydrogens (tertiary/aromatic N) is 3. The fourth-order valence-electron chi connectivity index (χ4n) is 4.10. The Labute approximate surface area is 164 Å². The van der Waals surface area contributed by atoms with Gasteiger partial charge in [0, 0.05) is 37.6 Å². The molecule has 0 bridgehead atoms. The van der Waals surface area contributed by atoms with E-state index in [2.05, 4.69) is 5.32 Å². The molecule has 0 aromatic heterocycles. The summed E-state index contributed by atoms with van der Waals surface area (Å²) < 4.78 is 4.97. The van der Waals surface area contributed by atoms with Gasteiger partial charge in [0.1, 0.15) is 6.61 Å². The minimum absolute atomic E-state index is 0.0598. The molecule has 3 aliphatic rings. The van der Waals surface area contributed by atoms with Crippen molar-refractivity contribution < 1.29 is 19.1 Å². The standard InChI is InChI=1S/C20H26N4O4/c25-18(15-5-4-10-23(14-15)19(26)22-8-1-2-9-22)21-16-6-3-7-17(13-16)24-11-12-28-20(24)27/h3,6-7,13,15H,1-2,4-5,8-12,14H2,(H,21,25)/t15-/m0/s1. The van der Waals surface area contributed by atoms with Crippen LogP contribution in [-0.4, -0.2) is 67.2 Å². The SMILES string of the molecule is O=C(Nc1cccc(N2CCOC2=O)c1)[C@H]1CCCN(C(=O)N2CCCC2)C1. The number of urea groups is 1. The topological polar surface area (TPSA) is 82.2 Å². The molecule has 0 radical (unpaired) electrons. The van der Waals surface area contributed by atoms with E-state index >= 15 is 0 Å². The zero-order valence-electron chi connectivity index (χ0n) is 15.9. The Morgan fingerprint density at radius 1 is 1.04 bits per heavy atom. The van der Waals surface area contributed by atoms with Crippen LogP contribution in [0.25, 0.3) is 0 Å². The Bertz CT molecular complexity index is 762. The van der Waals surface area contributed by atoms with Gasteiger partial charge in [-0.1, -0.05) is 6.07 Å². The highest BCUT2D eigenvalue weighted by Crippen LogP contribution is 2.25. The van der Waals surface area contributed by atoms with E-state index in [4.69, 9.17) is 4.74 Å². The number of benzene rings is 1. The van der Waals surface area contributed by atoms with Gasteiger partial charge in [-0.2, -0.15) is 0 Å². The van der Waals surface area contributed by atoms with E-state index in [1.807, 2.05) is 15.9 Å². The lowest BCUT2D eigenvalue weighted by molar-refractivity contribution is -0.121. The number of likely N-dealkylation sites (tertiary alicyclic amines) is 2. The molecule has 4 amide bonds. The van der Waals surface area contributed by atoms with Gasteiger partial charge in [0.15, 0.2) is 0 Å². The van der Waals surface area contributed by atoms with Crippen LogP contribution in [0, 0.1) is 5.92 Å². The molecule has 0 spiro atoms. The smallest absolute Gasteiger partial charge is 0.414 e.